The minimum atomic E-state index is 0.390. The summed E-state index contributed by atoms with van der Waals surface area (Å²) in [6.45, 7) is 6.34. The Balaban J connectivity index is 1.42. The minimum absolute atomic E-state index is 0.390. The number of rotatable bonds is 10. The van der Waals surface area contributed by atoms with Crippen molar-refractivity contribution in [3.05, 3.63) is 0 Å². The lowest BCUT2D eigenvalue weighted by Gasteiger charge is -2.19. The summed E-state index contributed by atoms with van der Waals surface area (Å²) in [5, 5.41) is 0. The fourth-order valence-corrected chi connectivity index (χ4v) is 2.27. The third-order valence-electron chi connectivity index (χ3n) is 3.54. The van der Waals surface area contributed by atoms with Crippen molar-refractivity contribution in [3.63, 3.8) is 0 Å². The van der Waals surface area contributed by atoms with Crippen molar-refractivity contribution < 1.29 is 14.2 Å². The van der Waals surface area contributed by atoms with E-state index in [0.717, 1.165) is 26.1 Å². The molecule has 0 radical (unpaired) electrons. The van der Waals surface area contributed by atoms with Crippen LogP contribution in [0.2, 0.25) is 0 Å². The fraction of sp³-hybridized carbons (Fsp3) is 1.00. The molecule has 100 valence electrons. The molecule has 2 heterocycles. The van der Waals surface area contributed by atoms with Crippen LogP contribution in [-0.4, -0.2) is 37.6 Å². The molecular weight excluding hydrogens is 216 g/mol. The van der Waals surface area contributed by atoms with Crippen LogP contribution in [0.5, 0.6) is 0 Å². The first kappa shape index (κ1) is 13.3. The van der Waals surface area contributed by atoms with Gasteiger partial charge in [-0.05, 0) is 52.4 Å². The maximum Gasteiger partial charge on any atom is 0.0810 e. The quantitative estimate of drug-likeness (QED) is 0.552. The second-order valence-corrected chi connectivity index (χ2v) is 5.53. The van der Waals surface area contributed by atoms with Crippen LogP contribution < -0.4 is 0 Å². The molecular formula is C14H26O3. The molecule has 4 atom stereocenters. The van der Waals surface area contributed by atoms with Gasteiger partial charge >= 0.3 is 0 Å². The zero-order chi connectivity index (χ0) is 12.1. The van der Waals surface area contributed by atoms with Gasteiger partial charge in [-0.25, -0.2) is 0 Å². The minimum Gasteiger partial charge on any atom is -0.376 e. The Labute approximate surface area is 105 Å². The average Bonchev–Trinajstić information content (AvgIpc) is 3.12. The van der Waals surface area contributed by atoms with Crippen molar-refractivity contribution in [1.82, 2.24) is 0 Å². The van der Waals surface area contributed by atoms with E-state index in [2.05, 4.69) is 13.8 Å². The molecule has 0 aromatic carbocycles. The van der Waals surface area contributed by atoms with Gasteiger partial charge in [0.1, 0.15) is 0 Å². The highest BCUT2D eigenvalue weighted by molar-refractivity contribution is 4.70. The van der Waals surface area contributed by atoms with Crippen LogP contribution in [0.4, 0.5) is 0 Å². The SMILES string of the molecule is CC(CCCC1CO1)OC(C)CCCC1CO1. The normalized spacial score (nSPS) is 30.0. The molecule has 2 rings (SSSR count). The van der Waals surface area contributed by atoms with Gasteiger partial charge in [-0.2, -0.15) is 0 Å². The van der Waals surface area contributed by atoms with Crippen LogP contribution in [0, 0.1) is 0 Å². The second kappa shape index (κ2) is 6.72. The topological polar surface area (TPSA) is 34.3 Å². The van der Waals surface area contributed by atoms with Gasteiger partial charge < -0.3 is 14.2 Å². The Morgan fingerprint density at radius 1 is 0.941 bits per heavy atom. The Hall–Kier alpha value is -0.120. The molecule has 2 saturated heterocycles. The Morgan fingerprint density at radius 2 is 1.35 bits per heavy atom. The van der Waals surface area contributed by atoms with E-state index < -0.39 is 0 Å². The standard InChI is InChI=1S/C14H26O3/c1-11(5-3-7-13-9-15-13)17-12(2)6-4-8-14-10-16-14/h11-14H,3-10H2,1-2H3. The first-order valence-electron chi connectivity index (χ1n) is 7.12. The molecule has 0 amide bonds. The molecule has 0 saturated carbocycles. The number of ether oxygens (including phenoxy) is 3. The monoisotopic (exact) mass is 242 g/mol. The highest BCUT2D eigenvalue weighted by Gasteiger charge is 2.23. The largest absolute Gasteiger partial charge is 0.376 e. The smallest absolute Gasteiger partial charge is 0.0810 e. The van der Waals surface area contributed by atoms with E-state index in [1.807, 2.05) is 0 Å². The van der Waals surface area contributed by atoms with Gasteiger partial charge in [0, 0.05) is 0 Å². The third kappa shape index (κ3) is 6.39. The molecule has 2 aliphatic rings. The highest BCUT2D eigenvalue weighted by Crippen LogP contribution is 2.20. The Morgan fingerprint density at radius 3 is 1.71 bits per heavy atom. The maximum atomic E-state index is 5.97. The van der Waals surface area contributed by atoms with Crippen LogP contribution in [0.3, 0.4) is 0 Å². The molecule has 0 aromatic rings. The van der Waals surface area contributed by atoms with E-state index in [1.165, 1.54) is 25.7 Å². The predicted molar refractivity (Wildman–Crippen MR) is 67.2 cm³/mol. The van der Waals surface area contributed by atoms with Crippen molar-refractivity contribution in [3.8, 4) is 0 Å². The van der Waals surface area contributed by atoms with Gasteiger partial charge in [-0.1, -0.05) is 0 Å². The zero-order valence-electron chi connectivity index (χ0n) is 11.2. The summed E-state index contributed by atoms with van der Waals surface area (Å²) >= 11 is 0. The zero-order valence-corrected chi connectivity index (χ0v) is 11.2. The predicted octanol–water partition coefficient (Wildman–Crippen LogP) is 2.92. The van der Waals surface area contributed by atoms with Gasteiger partial charge in [-0.15, -0.1) is 0 Å². The van der Waals surface area contributed by atoms with Crippen molar-refractivity contribution in [2.45, 2.75) is 76.8 Å². The summed E-state index contributed by atoms with van der Waals surface area (Å²) in [6, 6.07) is 0. The fourth-order valence-electron chi connectivity index (χ4n) is 2.27. The number of hydrogen-bond acceptors (Lipinski definition) is 3. The Bertz CT molecular complexity index is 190. The lowest BCUT2D eigenvalue weighted by Crippen LogP contribution is -2.17. The molecule has 3 heteroatoms. The van der Waals surface area contributed by atoms with Crippen LogP contribution in [0.15, 0.2) is 0 Å². The molecule has 0 aromatic heterocycles. The molecule has 0 bridgehead atoms. The van der Waals surface area contributed by atoms with Crippen molar-refractivity contribution in [2.24, 2.45) is 0 Å². The molecule has 2 fully saturated rings. The number of epoxide rings is 2. The van der Waals surface area contributed by atoms with E-state index in [1.54, 1.807) is 0 Å². The molecule has 0 N–H and O–H groups in total. The lowest BCUT2D eigenvalue weighted by atomic mass is 10.1. The van der Waals surface area contributed by atoms with Gasteiger partial charge in [0.15, 0.2) is 0 Å². The molecule has 17 heavy (non-hydrogen) atoms. The van der Waals surface area contributed by atoms with Gasteiger partial charge in [0.2, 0.25) is 0 Å². The van der Waals surface area contributed by atoms with E-state index in [4.69, 9.17) is 14.2 Å². The van der Waals surface area contributed by atoms with Gasteiger partial charge in [-0.3, -0.25) is 0 Å². The summed E-state index contributed by atoms with van der Waals surface area (Å²) in [6.07, 6.45) is 9.12. The van der Waals surface area contributed by atoms with Crippen LogP contribution in [0.25, 0.3) is 0 Å². The third-order valence-corrected chi connectivity index (χ3v) is 3.54. The van der Waals surface area contributed by atoms with E-state index in [-0.39, 0.29) is 0 Å². The van der Waals surface area contributed by atoms with Crippen molar-refractivity contribution in [1.29, 1.82) is 0 Å². The van der Waals surface area contributed by atoms with Gasteiger partial charge in [0.05, 0.1) is 37.6 Å². The van der Waals surface area contributed by atoms with E-state index >= 15 is 0 Å². The Kier molecular flexibility index (Phi) is 5.26. The van der Waals surface area contributed by atoms with E-state index in [9.17, 15) is 0 Å². The van der Waals surface area contributed by atoms with Crippen LogP contribution in [-0.2, 0) is 14.2 Å². The first-order chi connectivity index (χ1) is 8.24. The highest BCUT2D eigenvalue weighted by atomic mass is 16.6. The number of hydrogen-bond donors (Lipinski definition) is 0. The van der Waals surface area contributed by atoms with Crippen molar-refractivity contribution >= 4 is 0 Å². The second-order valence-electron chi connectivity index (χ2n) is 5.53. The maximum absolute atomic E-state index is 5.97. The molecule has 4 unspecified atom stereocenters. The summed E-state index contributed by atoms with van der Waals surface area (Å²) < 4.78 is 16.4. The molecule has 2 aliphatic heterocycles. The van der Waals surface area contributed by atoms with Crippen molar-refractivity contribution in [2.75, 3.05) is 13.2 Å². The summed E-state index contributed by atoms with van der Waals surface area (Å²) in [5.74, 6) is 0. The molecule has 3 nitrogen and oxygen atoms in total. The average molecular weight is 242 g/mol. The van der Waals surface area contributed by atoms with E-state index in [0.29, 0.717) is 24.4 Å². The molecule has 0 aliphatic carbocycles. The first-order valence-corrected chi connectivity index (χ1v) is 7.12. The van der Waals surface area contributed by atoms with Gasteiger partial charge in [0.25, 0.3) is 0 Å². The molecule has 0 spiro atoms. The summed E-state index contributed by atoms with van der Waals surface area (Å²) in [5.41, 5.74) is 0. The summed E-state index contributed by atoms with van der Waals surface area (Å²) in [4.78, 5) is 0. The van der Waals surface area contributed by atoms with Crippen LogP contribution >= 0.6 is 0 Å². The van der Waals surface area contributed by atoms with Crippen LogP contribution in [0.1, 0.15) is 52.4 Å². The lowest BCUT2D eigenvalue weighted by molar-refractivity contribution is -0.00255. The summed E-state index contributed by atoms with van der Waals surface area (Å²) in [7, 11) is 0.